The molecule has 0 bridgehead atoms. The van der Waals surface area contributed by atoms with Gasteiger partial charge in [0.15, 0.2) is 0 Å². The molecule has 8 nitrogen and oxygen atoms in total. The first-order chi connectivity index (χ1) is 8.28. The minimum absolute atomic E-state index is 0.178. The Bertz CT molecular complexity index is 446. The van der Waals surface area contributed by atoms with E-state index < -0.39 is 24.0 Å². The monoisotopic (exact) mass is 274 g/mol. The van der Waals surface area contributed by atoms with Gasteiger partial charge in [0.05, 0.1) is 12.0 Å². The summed E-state index contributed by atoms with van der Waals surface area (Å²) in [5.41, 5.74) is -1.50. The molecule has 0 aliphatic rings. The average molecular weight is 274 g/mol. The quantitative estimate of drug-likeness (QED) is 0.607. The molecule has 1 aromatic rings. The summed E-state index contributed by atoms with van der Waals surface area (Å²) < 4.78 is 0. The van der Waals surface area contributed by atoms with Crippen molar-refractivity contribution in [3.63, 3.8) is 0 Å². The van der Waals surface area contributed by atoms with Crippen LogP contribution in [0.2, 0.25) is 0 Å². The van der Waals surface area contributed by atoms with Crippen LogP contribution in [0.1, 0.15) is 18.4 Å². The van der Waals surface area contributed by atoms with Gasteiger partial charge in [0.1, 0.15) is 5.01 Å². The van der Waals surface area contributed by atoms with Crippen LogP contribution in [0.5, 0.6) is 0 Å². The summed E-state index contributed by atoms with van der Waals surface area (Å²) >= 11 is 1.21. The lowest BCUT2D eigenvalue weighted by Crippen LogP contribution is -2.43. The van der Waals surface area contributed by atoms with Crippen LogP contribution in [0.25, 0.3) is 0 Å². The fourth-order valence-electron chi connectivity index (χ4n) is 1.15. The Labute approximate surface area is 107 Å². The fourth-order valence-corrected chi connectivity index (χ4v) is 1.73. The van der Waals surface area contributed by atoms with E-state index in [1.807, 2.05) is 0 Å². The Morgan fingerprint density at radius 1 is 1.44 bits per heavy atom. The number of nitrogens with one attached hydrogen (secondary N) is 2. The van der Waals surface area contributed by atoms with Crippen molar-refractivity contribution < 1.29 is 19.8 Å². The van der Waals surface area contributed by atoms with Gasteiger partial charge in [-0.3, -0.25) is 10.1 Å². The van der Waals surface area contributed by atoms with Crippen molar-refractivity contribution in [2.24, 2.45) is 0 Å². The third-order valence-corrected chi connectivity index (χ3v) is 2.66. The maximum absolute atomic E-state index is 11.4. The zero-order valence-electron chi connectivity index (χ0n) is 9.93. The SMILES string of the molecule is Cc1nnc(NC(=O)NCC(C)(O)CC(=O)O)s1. The summed E-state index contributed by atoms with van der Waals surface area (Å²) in [6, 6.07) is -0.572. The molecule has 1 unspecified atom stereocenters. The van der Waals surface area contributed by atoms with Crippen LogP contribution in [0, 0.1) is 6.92 Å². The molecule has 2 amide bonds. The van der Waals surface area contributed by atoms with Crippen LogP contribution in [-0.4, -0.2) is 44.6 Å². The zero-order chi connectivity index (χ0) is 13.8. The van der Waals surface area contributed by atoms with Crippen molar-refractivity contribution in [2.75, 3.05) is 11.9 Å². The van der Waals surface area contributed by atoms with Crippen molar-refractivity contribution >= 4 is 28.5 Å². The lowest BCUT2D eigenvalue weighted by Gasteiger charge is -2.21. The van der Waals surface area contributed by atoms with Gasteiger partial charge in [0.25, 0.3) is 0 Å². The van der Waals surface area contributed by atoms with E-state index in [2.05, 4.69) is 20.8 Å². The maximum atomic E-state index is 11.4. The summed E-state index contributed by atoms with van der Waals surface area (Å²) in [5, 5.41) is 31.4. The number of aliphatic carboxylic acids is 1. The molecule has 9 heteroatoms. The van der Waals surface area contributed by atoms with E-state index in [1.54, 1.807) is 6.92 Å². The molecule has 0 saturated carbocycles. The largest absolute Gasteiger partial charge is 0.481 e. The number of urea groups is 1. The first-order valence-electron chi connectivity index (χ1n) is 5.08. The predicted octanol–water partition coefficient (Wildman–Crippen LogP) is 0.194. The van der Waals surface area contributed by atoms with E-state index in [9.17, 15) is 14.7 Å². The zero-order valence-corrected chi connectivity index (χ0v) is 10.7. The maximum Gasteiger partial charge on any atom is 0.321 e. The Morgan fingerprint density at radius 3 is 2.61 bits per heavy atom. The van der Waals surface area contributed by atoms with Gasteiger partial charge >= 0.3 is 12.0 Å². The van der Waals surface area contributed by atoms with E-state index >= 15 is 0 Å². The van der Waals surface area contributed by atoms with Crippen LogP contribution in [0.3, 0.4) is 0 Å². The number of aromatic nitrogens is 2. The Balaban J connectivity index is 2.39. The fraction of sp³-hybridized carbons (Fsp3) is 0.556. The number of hydrogen-bond acceptors (Lipinski definition) is 6. The number of nitrogens with zero attached hydrogens (tertiary/aromatic N) is 2. The molecule has 1 rings (SSSR count). The number of carboxylic acids is 1. The minimum Gasteiger partial charge on any atom is -0.481 e. The number of amides is 2. The predicted molar refractivity (Wildman–Crippen MR) is 64.5 cm³/mol. The van der Waals surface area contributed by atoms with Crippen molar-refractivity contribution in [3.8, 4) is 0 Å². The van der Waals surface area contributed by atoms with Crippen molar-refractivity contribution in [3.05, 3.63) is 5.01 Å². The van der Waals surface area contributed by atoms with Gasteiger partial charge in [0, 0.05) is 6.54 Å². The third kappa shape index (κ3) is 5.06. The third-order valence-electron chi connectivity index (χ3n) is 1.91. The lowest BCUT2D eigenvalue weighted by atomic mass is 10.0. The molecule has 0 radical (unpaired) electrons. The summed E-state index contributed by atoms with van der Waals surface area (Å²) in [7, 11) is 0. The topological polar surface area (TPSA) is 124 Å². The molecular formula is C9H14N4O4S. The van der Waals surface area contributed by atoms with E-state index in [1.165, 1.54) is 18.3 Å². The standard InChI is InChI=1S/C9H14N4O4S/c1-5-12-13-8(18-5)11-7(16)10-4-9(2,17)3-6(14)15/h17H,3-4H2,1-2H3,(H,14,15)(H2,10,11,13,16). The van der Waals surface area contributed by atoms with Crippen molar-refractivity contribution in [1.29, 1.82) is 0 Å². The molecule has 0 aliphatic heterocycles. The highest BCUT2D eigenvalue weighted by Crippen LogP contribution is 2.13. The van der Waals surface area contributed by atoms with Gasteiger partial charge < -0.3 is 15.5 Å². The van der Waals surface area contributed by atoms with Gasteiger partial charge in [-0.2, -0.15) is 0 Å². The van der Waals surface area contributed by atoms with Crippen LogP contribution < -0.4 is 10.6 Å². The minimum atomic E-state index is -1.50. The molecule has 0 fully saturated rings. The van der Waals surface area contributed by atoms with Crippen LogP contribution in [0.4, 0.5) is 9.93 Å². The molecular weight excluding hydrogens is 260 g/mol. The molecule has 18 heavy (non-hydrogen) atoms. The number of aliphatic hydroxyl groups is 1. The number of carbonyl (C=O) groups is 2. The molecule has 1 heterocycles. The number of aryl methyl sites for hydroxylation is 1. The van der Waals surface area contributed by atoms with Gasteiger partial charge in [-0.25, -0.2) is 4.79 Å². The number of carbonyl (C=O) groups excluding carboxylic acids is 1. The van der Waals surface area contributed by atoms with Gasteiger partial charge in [-0.1, -0.05) is 11.3 Å². The number of carboxylic acid groups (broad SMARTS) is 1. The number of hydrogen-bond donors (Lipinski definition) is 4. The highest BCUT2D eigenvalue weighted by Gasteiger charge is 2.24. The Hall–Kier alpha value is -1.74. The first kappa shape index (κ1) is 14.3. The first-order valence-corrected chi connectivity index (χ1v) is 5.89. The van der Waals surface area contributed by atoms with E-state index in [4.69, 9.17) is 5.11 Å². The molecule has 0 aromatic carbocycles. The normalized spacial score (nSPS) is 13.7. The van der Waals surface area contributed by atoms with Gasteiger partial charge in [-0.15, -0.1) is 10.2 Å². The highest BCUT2D eigenvalue weighted by atomic mass is 32.1. The smallest absolute Gasteiger partial charge is 0.321 e. The van der Waals surface area contributed by atoms with Crippen LogP contribution in [-0.2, 0) is 4.79 Å². The van der Waals surface area contributed by atoms with Crippen LogP contribution in [0.15, 0.2) is 0 Å². The average Bonchev–Trinajstić information content (AvgIpc) is 2.59. The summed E-state index contributed by atoms with van der Waals surface area (Å²) in [6.45, 7) is 2.90. The highest BCUT2D eigenvalue weighted by molar-refractivity contribution is 7.15. The molecule has 1 aromatic heterocycles. The molecule has 0 spiro atoms. The van der Waals surface area contributed by atoms with E-state index in [-0.39, 0.29) is 6.54 Å². The summed E-state index contributed by atoms with van der Waals surface area (Å²) in [5.74, 6) is -1.14. The molecule has 100 valence electrons. The Kier molecular flexibility index (Phi) is 4.56. The van der Waals surface area contributed by atoms with E-state index in [0.29, 0.717) is 10.1 Å². The second-order valence-corrected chi connectivity index (χ2v) is 5.18. The van der Waals surface area contributed by atoms with Crippen molar-refractivity contribution in [1.82, 2.24) is 15.5 Å². The summed E-state index contributed by atoms with van der Waals surface area (Å²) in [6.07, 6.45) is -0.453. The second-order valence-electron chi connectivity index (χ2n) is 4.00. The molecule has 4 N–H and O–H groups in total. The molecule has 0 saturated heterocycles. The number of rotatable bonds is 5. The van der Waals surface area contributed by atoms with E-state index in [0.717, 1.165) is 0 Å². The van der Waals surface area contributed by atoms with Crippen molar-refractivity contribution in [2.45, 2.75) is 25.9 Å². The number of anilines is 1. The summed E-state index contributed by atoms with van der Waals surface area (Å²) in [4.78, 5) is 21.9. The Morgan fingerprint density at radius 2 is 2.11 bits per heavy atom. The van der Waals surface area contributed by atoms with Gasteiger partial charge in [0.2, 0.25) is 5.13 Å². The molecule has 0 aliphatic carbocycles. The second kappa shape index (κ2) is 5.74. The van der Waals surface area contributed by atoms with Crippen LogP contribution >= 0.6 is 11.3 Å². The van der Waals surface area contributed by atoms with Gasteiger partial charge in [-0.05, 0) is 13.8 Å². The lowest BCUT2D eigenvalue weighted by molar-refractivity contribution is -0.141. The molecule has 1 atom stereocenters.